The molecule has 6 heteroatoms. The Morgan fingerprint density at radius 1 is 1.32 bits per heavy atom. The van der Waals surface area contributed by atoms with Gasteiger partial charge in [-0.1, -0.05) is 32.3 Å². The van der Waals surface area contributed by atoms with Gasteiger partial charge in [0.05, 0.1) is 5.69 Å². The third-order valence-electron chi connectivity index (χ3n) is 4.17. The standard InChI is InChI=1S/C16H28N4O.HI/c1-5-8-11-9-14(11)19-16(17-4)18-10-12-13(6-2)20-21-15(12)7-3;/h11,14H,5-10H2,1-4H3,(H2,17,18,19);1H. The number of halogens is 1. The molecule has 0 bridgehead atoms. The van der Waals surface area contributed by atoms with Gasteiger partial charge in [-0.05, 0) is 25.2 Å². The highest BCUT2D eigenvalue weighted by atomic mass is 127. The summed E-state index contributed by atoms with van der Waals surface area (Å²) in [7, 11) is 1.82. The highest BCUT2D eigenvalue weighted by Crippen LogP contribution is 2.34. The Hall–Kier alpha value is -0.790. The van der Waals surface area contributed by atoms with Crippen LogP contribution in [0.1, 0.15) is 57.1 Å². The molecule has 0 aliphatic heterocycles. The number of aliphatic imine (C=N–C) groups is 1. The van der Waals surface area contributed by atoms with Gasteiger partial charge in [0, 0.05) is 31.6 Å². The van der Waals surface area contributed by atoms with E-state index in [2.05, 4.69) is 41.6 Å². The lowest BCUT2D eigenvalue weighted by Gasteiger charge is -2.12. The van der Waals surface area contributed by atoms with Crippen molar-refractivity contribution in [3.05, 3.63) is 17.0 Å². The summed E-state index contributed by atoms with van der Waals surface area (Å²) in [6.45, 7) is 7.16. The van der Waals surface area contributed by atoms with Crippen LogP contribution >= 0.6 is 24.0 Å². The predicted molar refractivity (Wildman–Crippen MR) is 101 cm³/mol. The molecule has 1 heterocycles. The average molecular weight is 420 g/mol. The van der Waals surface area contributed by atoms with Gasteiger partial charge in [0.25, 0.3) is 0 Å². The molecule has 0 radical (unpaired) electrons. The van der Waals surface area contributed by atoms with E-state index >= 15 is 0 Å². The van der Waals surface area contributed by atoms with Crippen LogP contribution in [0.25, 0.3) is 0 Å². The molecule has 126 valence electrons. The van der Waals surface area contributed by atoms with Crippen molar-refractivity contribution in [3.63, 3.8) is 0 Å². The number of hydrogen-bond donors (Lipinski definition) is 2. The molecule has 2 N–H and O–H groups in total. The van der Waals surface area contributed by atoms with Crippen LogP contribution in [0.2, 0.25) is 0 Å². The molecule has 1 aromatic rings. The Morgan fingerprint density at radius 2 is 2.09 bits per heavy atom. The van der Waals surface area contributed by atoms with Gasteiger partial charge in [0.1, 0.15) is 5.76 Å². The molecule has 0 amide bonds. The minimum Gasteiger partial charge on any atom is -0.361 e. The monoisotopic (exact) mass is 420 g/mol. The number of guanidine groups is 1. The summed E-state index contributed by atoms with van der Waals surface area (Å²) in [5, 5.41) is 11.0. The molecule has 1 aromatic heterocycles. The van der Waals surface area contributed by atoms with Crippen molar-refractivity contribution in [3.8, 4) is 0 Å². The largest absolute Gasteiger partial charge is 0.361 e. The van der Waals surface area contributed by atoms with Crippen molar-refractivity contribution < 1.29 is 4.52 Å². The van der Waals surface area contributed by atoms with Gasteiger partial charge < -0.3 is 15.2 Å². The van der Waals surface area contributed by atoms with Crippen LogP contribution < -0.4 is 10.6 Å². The number of hydrogen-bond acceptors (Lipinski definition) is 3. The maximum atomic E-state index is 5.39. The second-order valence-electron chi connectivity index (χ2n) is 5.70. The lowest BCUT2D eigenvalue weighted by molar-refractivity contribution is 0.380. The van der Waals surface area contributed by atoms with E-state index in [0.717, 1.165) is 42.7 Å². The van der Waals surface area contributed by atoms with Gasteiger partial charge in [0.2, 0.25) is 0 Å². The van der Waals surface area contributed by atoms with Gasteiger partial charge >= 0.3 is 0 Å². The second-order valence-corrected chi connectivity index (χ2v) is 5.70. The van der Waals surface area contributed by atoms with Gasteiger partial charge in [-0.25, -0.2) is 0 Å². The molecule has 2 atom stereocenters. The zero-order chi connectivity index (χ0) is 15.2. The van der Waals surface area contributed by atoms with Crippen molar-refractivity contribution in [2.75, 3.05) is 7.05 Å². The van der Waals surface area contributed by atoms with Gasteiger partial charge in [-0.2, -0.15) is 0 Å². The zero-order valence-corrected chi connectivity index (χ0v) is 16.4. The molecule has 1 aliphatic rings. The first-order chi connectivity index (χ1) is 10.2. The third kappa shape index (κ3) is 4.86. The van der Waals surface area contributed by atoms with E-state index in [-0.39, 0.29) is 24.0 Å². The molecule has 1 aliphatic carbocycles. The fourth-order valence-electron chi connectivity index (χ4n) is 2.79. The number of nitrogens with zero attached hydrogens (tertiary/aromatic N) is 2. The topological polar surface area (TPSA) is 62.5 Å². The highest BCUT2D eigenvalue weighted by molar-refractivity contribution is 14.0. The molecule has 2 unspecified atom stereocenters. The van der Waals surface area contributed by atoms with Crippen molar-refractivity contribution in [1.82, 2.24) is 15.8 Å². The van der Waals surface area contributed by atoms with E-state index in [1.807, 2.05) is 7.05 Å². The lowest BCUT2D eigenvalue weighted by Crippen LogP contribution is -2.39. The number of aromatic nitrogens is 1. The van der Waals surface area contributed by atoms with Crippen molar-refractivity contribution >= 4 is 29.9 Å². The second kappa shape index (κ2) is 9.37. The van der Waals surface area contributed by atoms with Crippen LogP contribution in [0.15, 0.2) is 9.52 Å². The Kier molecular flexibility index (Phi) is 8.20. The lowest BCUT2D eigenvalue weighted by atomic mass is 10.1. The summed E-state index contributed by atoms with van der Waals surface area (Å²) in [5.74, 6) is 2.68. The normalized spacial score (nSPS) is 20.5. The summed E-state index contributed by atoms with van der Waals surface area (Å²) >= 11 is 0. The molecule has 1 fully saturated rings. The van der Waals surface area contributed by atoms with E-state index < -0.39 is 0 Å². The average Bonchev–Trinajstić information content (AvgIpc) is 3.10. The molecular weight excluding hydrogens is 391 g/mol. The van der Waals surface area contributed by atoms with E-state index in [0.29, 0.717) is 6.04 Å². The SMILES string of the molecule is CCCC1CC1NC(=NC)NCc1c(CC)noc1CC.I. The molecule has 0 saturated heterocycles. The van der Waals surface area contributed by atoms with E-state index in [4.69, 9.17) is 4.52 Å². The number of rotatable bonds is 7. The van der Waals surface area contributed by atoms with Gasteiger partial charge in [-0.3, -0.25) is 4.99 Å². The minimum atomic E-state index is 0. The summed E-state index contributed by atoms with van der Waals surface area (Å²) in [4.78, 5) is 4.32. The van der Waals surface area contributed by atoms with Crippen molar-refractivity contribution in [1.29, 1.82) is 0 Å². The Morgan fingerprint density at radius 3 is 2.68 bits per heavy atom. The first-order valence-electron chi connectivity index (χ1n) is 8.16. The van der Waals surface area contributed by atoms with Crippen LogP contribution in [-0.2, 0) is 19.4 Å². The molecule has 5 nitrogen and oxygen atoms in total. The maximum absolute atomic E-state index is 5.39. The van der Waals surface area contributed by atoms with Crippen LogP contribution in [0.5, 0.6) is 0 Å². The Labute approximate surface area is 150 Å². The Bertz CT molecular complexity index is 465. The zero-order valence-electron chi connectivity index (χ0n) is 14.1. The number of aryl methyl sites for hydroxylation is 2. The quantitative estimate of drug-likeness (QED) is 0.404. The molecule has 22 heavy (non-hydrogen) atoms. The maximum Gasteiger partial charge on any atom is 0.191 e. The summed E-state index contributed by atoms with van der Waals surface area (Å²) in [6, 6.07) is 0.593. The molecule has 0 aromatic carbocycles. The summed E-state index contributed by atoms with van der Waals surface area (Å²) < 4.78 is 5.39. The Balaban J connectivity index is 0.00000242. The smallest absolute Gasteiger partial charge is 0.191 e. The molecule has 2 rings (SSSR count). The van der Waals surface area contributed by atoms with Crippen LogP contribution in [-0.4, -0.2) is 24.2 Å². The highest BCUT2D eigenvalue weighted by Gasteiger charge is 2.36. The summed E-state index contributed by atoms with van der Waals surface area (Å²) in [6.07, 6.45) is 5.60. The predicted octanol–water partition coefficient (Wildman–Crippen LogP) is 3.27. The van der Waals surface area contributed by atoms with Crippen LogP contribution in [0.3, 0.4) is 0 Å². The fraction of sp³-hybridized carbons (Fsp3) is 0.750. The number of nitrogens with one attached hydrogen (secondary N) is 2. The third-order valence-corrected chi connectivity index (χ3v) is 4.17. The first kappa shape index (κ1) is 19.3. The van der Waals surface area contributed by atoms with E-state index in [1.165, 1.54) is 24.8 Å². The fourth-order valence-corrected chi connectivity index (χ4v) is 2.79. The van der Waals surface area contributed by atoms with Crippen molar-refractivity contribution in [2.45, 2.75) is 65.5 Å². The van der Waals surface area contributed by atoms with Crippen molar-refractivity contribution in [2.24, 2.45) is 10.9 Å². The van der Waals surface area contributed by atoms with E-state index in [9.17, 15) is 0 Å². The molecule has 0 spiro atoms. The summed E-state index contributed by atoms with van der Waals surface area (Å²) in [5.41, 5.74) is 2.23. The van der Waals surface area contributed by atoms with Crippen LogP contribution in [0.4, 0.5) is 0 Å². The minimum absolute atomic E-state index is 0. The van der Waals surface area contributed by atoms with Gasteiger partial charge in [-0.15, -0.1) is 24.0 Å². The first-order valence-corrected chi connectivity index (χ1v) is 8.16. The molecular formula is C16H29IN4O. The van der Waals surface area contributed by atoms with E-state index in [1.54, 1.807) is 0 Å². The van der Waals surface area contributed by atoms with Crippen LogP contribution in [0, 0.1) is 5.92 Å². The molecule has 1 saturated carbocycles. The van der Waals surface area contributed by atoms with Gasteiger partial charge in [0.15, 0.2) is 5.96 Å².